The van der Waals surface area contributed by atoms with Crippen molar-refractivity contribution >= 4 is 40.3 Å². The van der Waals surface area contributed by atoms with Crippen LogP contribution in [-0.2, 0) is 9.53 Å². The van der Waals surface area contributed by atoms with Crippen LogP contribution in [0.25, 0.3) is 16.6 Å². The molecule has 0 bridgehead atoms. The van der Waals surface area contributed by atoms with Gasteiger partial charge in [-0.3, -0.25) is 14.2 Å². The summed E-state index contributed by atoms with van der Waals surface area (Å²) in [6, 6.07) is 10.6. The molecule has 1 amide bonds. The summed E-state index contributed by atoms with van der Waals surface area (Å²) >= 11 is 12.3. The molecular formula is C25H21Cl2N5O4. The van der Waals surface area contributed by atoms with Crippen LogP contribution < -0.4 is 15.6 Å². The smallest absolute Gasteiger partial charge is 0.252 e. The van der Waals surface area contributed by atoms with Crippen molar-refractivity contribution in [2.75, 3.05) is 26.1 Å². The summed E-state index contributed by atoms with van der Waals surface area (Å²) in [6.45, 7) is 0.231. The van der Waals surface area contributed by atoms with Gasteiger partial charge in [0.25, 0.3) is 5.56 Å². The van der Waals surface area contributed by atoms with E-state index in [-0.39, 0.29) is 13.0 Å². The fourth-order valence-corrected chi connectivity index (χ4v) is 4.22. The second-order valence-corrected chi connectivity index (χ2v) is 8.67. The number of halogens is 2. The Bertz CT molecular complexity index is 1540. The zero-order valence-corrected chi connectivity index (χ0v) is 20.9. The molecule has 1 aromatic carbocycles. The number of carbonyl (C=O) groups is 1. The molecule has 1 N–H and O–H groups in total. The Hall–Kier alpha value is -3.84. The fourth-order valence-electron chi connectivity index (χ4n) is 3.86. The fraction of sp³-hybridized carbons (Fsp3) is 0.200. The van der Waals surface area contributed by atoms with Gasteiger partial charge < -0.3 is 14.8 Å². The quantitative estimate of drug-likeness (QED) is 0.360. The number of carbonyl (C=O) groups excluding carboxylic acids is 1. The van der Waals surface area contributed by atoms with Gasteiger partial charge in [-0.25, -0.2) is 4.52 Å². The Kier molecular flexibility index (Phi) is 7.60. The average Bonchev–Trinajstić information content (AvgIpc) is 3.24. The van der Waals surface area contributed by atoms with Crippen LogP contribution in [0.2, 0.25) is 10.0 Å². The summed E-state index contributed by atoms with van der Waals surface area (Å²) < 4.78 is 13.6. The minimum Gasteiger partial charge on any atom is -0.495 e. The highest BCUT2D eigenvalue weighted by molar-refractivity contribution is 6.33. The first-order chi connectivity index (χ1) is 17.4. The molecule has 0 spiro atoms. The van der Waals surface area contributed by atoms with Crippen LogP contribution in [0.3, 0.4) is 0 Å². The number of pyridine rings is 2. The molecule has 3 aromatic heterocycles. The van der Waals surface area contributed by atoms with Crippen molar-refractivity contribution in [2.24, 2.45) is 0 Å². The van der Waals surface area contributed by atoms with E-state index in [4.69, 9.17) is 32.7 Å². The Balaban J connectivity index is 1.74. The van der Waals surface area contributed by atoms with Gasteiger partial charge in [-0.15, -0.1) is 0 Å². The molecular weight excluding hydrogens is 505 g/mol. The van der Waals surface area contributed by atoms with Gasteiger partial charge in [0, 0.05) is 54.2 Å². The predicted octanol–water partition coefficient (Wildman–Crippen LogP) is 4.57. The zero-order valence-electron chi connectivity index (χ0n) is 19.4. The number of hydrogen-bond acceptors (Lipinski definition) is 6. The van der Waals surface area contributed by atoms with Crippen molar-refractivity contribution in [3.05, 3.63) is 81.0 Å². The largest absolute Gasteiger partial charge is 0.495 e. The summed E-state index contributed by atoms with van der Waals surface area (Å²) in [5.41, 5.74) is 1.84. The van der Waals surface area contributed by atoms with E-state index >= 15 is 0 Å². The maximum absolute atomic E-state index is 13.3. The summed E-state index contributed by atoms with van der Waals surface area (Å²) in [5, 5.41) is 17.3. The van der Waals surface area contributed by atoms with E-state index in [9.17, 15) is 14.9 Å². The number of amides is 1. The third-order valence-electron chi connectivity index (χ3n) is 5.63. The molecule has 4 rings (SSSR count). The highest BCUT2D eigenvalue weighted by atomic mass is 35.5. The van der Waals surface area contributed by atoms with Crippen LogP contribution in [-0.4, -0.2) is 40.9 Å². The minimum atomic E-state index is -0.910. The normalized spacial score (nSPS) is 11.8. The first-order valence-corrected chi connectivity index (χ1v) is 11.5. The highest BCUT2D eigenvalue weighted by Crippen LogP contribution is 2.33. The second-order valence-electron chi connectivity index (χ2n) is 7.83. The Morgan fingerprint density at radius 1 is 1.19 bits per heavy atom. The molecule has 0 radical (unpaired) electrons. The van der Waals surface area contributed by atoms with Crippen LogP contribution >= 0.6 is 23.2 Å². The van der Waals surface area contributed by atoms with Crippen LogP contribution in [0.5, 0.6) is 5.75 Å². The molecule has 0 aliphatic rings. The molecule has 0 saturated heterocycles. The molecule has 0 fully saturated rings. The highest BCUT2D eigenvalue weighted by Gasteiger charge is 2.24. The molecule has 0 aliphatic carbocycles. The number of benzene rings is 1. The van der Waals surface area contributed by atoms with E-state index < -0.39 is 17.5 Å². The standard InChI is InChI=1S/C25H21Cl2N5O4/c1-35-8-6-21(25(34)30-17-5-7-32-22(10-17)20(27)13-29-32)31-14-23(36-2)19(11-24(31)33)18-9-16(26)4-3-15(18)12-28/h3-5,7,9-11,13-14,21H,6,8H2,1-2H3,(H,30,34). The molecule has 36 heavy (non-hydrogen) atoms. The summed E-state index contributed by atoms with van der Waals surface area (Å²) in [7, 11) is 2.96. The van der Waals surface area contributed by atoms with E-state index in [1.54, 1.807) is 41.0 Å². The number of ether oxygens (including phenoxy) is 2. The predicted molar refractivity (Wildman–Crippen MR) is 137 cm³/mol. The lowest BCUT2D eigenvalue weighted by Gasteiger charge is -2.21. The van der Waals surface area contributed by atoms with Gasteiger partial charge in [0.05, 0.1) is 41.7 Å². The van der Waals surface area contributed by atoms with Gasteiger partial charge in [-0.1, -0.05) is 23.2 Å². The van der Waals surface area contributed by atoms with Crippen LogP contribution in [0, 0.1) is 11.3 Å². The van der Waals surface area contributed by atoms with Crippen molar-refractivity contribution in [1.82, 2.24) is 14.2 Å². The minimum absolute atomic E-state index is 0.223. The maximum Gasteiger partial charge on any atom is 0.252 e. The lowest BCUT2D eigenvalue weighted by atomic mass is 10.00. The lowest BCUT2D eigenvalue weighted by Crippen LogP contribution is -2.34. The zero-order chi connectivity index (χ0) is 25.8. The molecule has 1 unspecified atom stereocenters. The molecule has 11 heteroatoms. The number of rotatable bonds is 8. The summed E-state index contributed by atoms with van der Waals surface area (Å²) in [5.74, 6) is -0.125. The Morgan fingerprint density at radius 3 is 2.72 bits per heavy atom. The average molecular weight is 526 g/mol. The van der Waals surface area contributed by atoms with Gasteiger partial charge >= 0.3 is 0 Å². The molecule has 9 nitrogen and oxygen atoms in total. The van der Waals surface area contributed by atoms with Crippen LogP contribution in [0.1, 0.15) is 18.0 Å². The van der Waals surface area contributed by atoms with E-state index in [0.717, 1.165) is 0 Å². The maximum atomic E-state index is 13.3. The van der Waals surface area contributed by atoms with Crippen molar-refractivity contribution in [3.8, 4) is 22.9 Å². The molecule has 0 saturated carbocycles. The Labute approximate surface area is 216 Å². The number of nitrogens with one attached hydrogen (secondary N) is 1. The molecule has 184 valence electrons. The number of methoxy groups -OCH3 is 2. The Morgan fingerprint density at radius 2 is 2.00 bits per heavy atom. The van der Waals surface area contributed by atoms with Gasteiger partial charge in [-0.2, -0.15) is 10.4 Å². The van der Waals surface area contributed by atoms with Crippen molar-refractivity contribution in [3.63, 3.8) is 0 Å². The summed E-state index contributed by atoms with van der Waals surface area (Å²) in [6.07, 6.45) is 4.86. The van der Waals surface area contributed by atoms with Gasteiger partial charge in [0.2, 0.25) is 5.91 Å². The van der Waals surface area contributed by atoms with Crippen molar-refractivity contribution in [2.45, 2.75) is 12.5 Å². The third-order valence-corrected chi connectivity index (χ3v) is 6.16. The topological polar surface area (TPSA) is 111 Å². The van der Waals surface area contributed by atoms with Crippen molar-refractivity contribution in [1.29, 1.82) is 5.26 Å². The third kappa shape index (κ3) is 5.06. The first kappa shape index (κ1) is 25.3. The number of fused-ring (bicyclic) bond motifs is 1. The monoisotopic (exact) mass is 525 g/mol. The number of aromatic nitrogens is 3. The summed E-state index contributed by atoms with van der Waals surface area (Å²) in [4.78, 5) is 26.6. The molecule has 4 aromatic rings. The number of nitrogens with zero attached hydrogens (tertiary/aromatic N) is 4. The number of hydrogen-bond donors (Lipinski definition) is 1. The van der Waals surface area contributed by atoms with Crippen LogP contribution in [0.4, 0.5) is 5.69 Å². The van der Waals surface area contributed by atoms with Gasteiger partial charge in [0.1, 0.15) is 11.8 Å². The number of nitriles is 1. The molecule has 3 heterocycles. The second kappa shape index (κ2) is 10.8. The van der Waals surface area contributed by atoms with Gasteiger partial charge in [0.15, 0.2) is 0 Å². The van der Waals surface area contributed by atoms with E-state index in [2.05, 4.69) is 16.5 Å². The van der Waals surface area contributed by atoms with Crippen LogP contribution in [0.15, 0.2) is 59.8 Å². The van der Waals surface area contributed by atoms with Crippen molar-refractivity contribution < 1.29 is 14.3 Å². The lowest BCUT2D eigenvalue weighted by molar-refractivity contribution is -0.119. The first-order valence-electron chi connectivity index (χ1n) is 10.8. The van der Waals surface area contributed by atoms with E-state index in [1.165, 1.54) is 37.2 Å². The number of anilines is 1. The molecule has 1 atom stereocenters. The van der Waals surface area contributed by atoms with Gasteiger partial charge in [-0.05, 0) is 30.3 Å². The van der Waals surface area contributed by atoms with E-state index in [0.29, 0.717) is 43.7 Å². The molecule has 0 aliphatic heterocycles. The van der Waals surface area contributed by atoms with E-state index in [1.807, 2.05) is 0 Å². The SMILES string of the molecule is COCCC(C(=O)Nc1ccn2ncc(Cl)c2c1)n1cc(OC)c(-c2cc(Cl)ccc2C#N)cc1=O.